The lowest BCUT2D eigenvalue weighted by Crippen LogP contribution is -2.40. The fraction of sp³-hybridized carbons (Fsp3) is 0.667. The molecule has 2 heterocycles. The van der Waals surface area contributed by atoms with Crippen LogP contribution in [0.4, 0.5) is 0 Å². The van der Waals surface area contributed by atoms with Crippen molar-refractivity contribution in [2.24, 2.45) is 11.7 Å². The Balaban J connectivity index is 1.97. The second-order valence-corrected chi connectivity index (χ2v) is 6.11. The smallest absolute Gasteiger partial charge is 0.223 e. The zero-order chi connectivity index (χ0) is 16.3. The highest BCUT2D eigenvalue weighted by Gasteiger charge is 2.27. The first-order valence-electron chi connectivity index (χ1n) is 7.64. The number of nitrogens with one attached hydrogen (secondary N) is 1. The molecule has 1 aliphatic heterocycles. The Morgan fingerprint density at radius 3 is 2.64 bits per heavy atom. The van der Waals surface area contributed by atoms with Gasteiger partial charge in [-0.15, -0.1) is 0 Å². The minimum absolute atomic E-state index is 0.0709. The third-order valence-corrected chi connectivity index (χ3v) is 4.35. The zero-order valence-corrected chi connectivity index (χ0v) is 13.6. The highest BCUT2D eigenvalue weighted by atomic mass is 16.2. The summed E-state index contributed by atoms with van der Waals surface area (Å²) in [6.45, 7) is 6.33. The number of nitrogens with two attached hydrogens (primary N) is 1. The number of aryl methyl sites for hydroxylation is 2. The molecule has 0 aromatic carbocycles. The monoisotopic (exact) mass is 307 g/mol. The molecular weight excluding hydrogens is 282 g/mol. The summed E-state index contributed by atoms with van der Waals surface area (Å²) < 4.78 is 0. The van der Waals surface area contributed by atoms with Gasteiger partial charge < -0.3 is 15.5 Å². The fourth-order valence-corrected chi connectivity index (χ4v) is 2.91. The number of carbonyl (C=O) groups is 2. The molecule has 7 heteroatoms. The molecule has 1 aliphatic rings. The molecule has 22 heavy (non-hydrogen) atoms. The van der Waals surface area contributed by atoms with E-state index in [2.05, 4.69) is 10.2 Å². The molecule has 0 spiro atoms. The van der Waals surface area contributed by atoms with Crippen LogP contribution in [0.1, 0.15) is 23.4 Å². The minimum atomic E-state index is -0.340. The lowest BCUT2D eigenvalue weighted by Gasteiger charge is -2.22. The van der Waals surface area contributed by atoms with Crippen molar-refractivity contribution in [3.63, 3.8) is 0 Å². The van der Waals surface area contributed by atoms with Gasteiger partial charge in [-0.2, -0.15) is 5.10 Å². The topological polar surface area (TPSA) is 95.3 Å². The van der Waals surface area contributed by atoms with Gasteiger partial charge in [0.2, 0.25) is 11.8 Å². The highest BCUT2D eigenvalue weighted by Crippen LogP contribution is 2.14. The van der Waals surface area contributed by atoms with E-state index < -0.39 is 0 Å². The van der Waals surface area contributed by atoms with Crippen molar-refractivity contribution in [1.82, 2.24) is 20.0 Å². The summed E-state index contributed by atoms with van der Waals surface area (Å²) in [5, 5.41) is 7.08. The number of primary amides is 1. The average Bonchev–Trinajstić information content (AvgIpc) is 2.66. The lowest BCUT2D eigenvalue weighted by atomic mass is 10.1. The molecule has 1 atom stereocenters. The van der Waals surface area contributed by atoms with Gasteiger partial charge in [0.25, 0.3) is 0 Å². The second kappa shape index (κ2) is 6.91. The maximum atomic E-state index is 12.5. The molecule has 7 nitrogen and oxygen atoms in total. The normalized spacial score (nSPS) is 20.0. The largest absolute Gasteiger partial charge is 0.369 e. The Kier molecular flexibility index (Phi) is 5.18. The predicted octanol–water partition coefficient (Wildman–Crippen LogP) is -0.165. The van der Waals surface area contributed by atoms with Crippen molar-refractivity contribution < 1.29 is 9.59 Å². The maximum Gasteiger partial charge on any atom is 0.223 e. The van der Waals surface area contributed by atoms with E-state index in [-0.39, 0.29) is 17.7 Å². The predicted molar refractivity (Wildman–Crippen MR) is 83.1 cm³/mol. The Morgan fingerprint density at radius 2 is 2.05 bits per heavy atom. The number of likely N-dealkylation sites (N-methyl/N-ethyl adjacent to an activating group) is 1. The van der Waals surface area contributed by atoms with E-state index in [1.807, 2.05) is 25.8 Å². The molecule has 0 saturated carbocycles. The van der Waals surface area contributed by atoms with Gasteiger partial charge >= 0.3 is 0 Å². The number of nitrogens with zero attached hydrogens (tertiary/aromatic N) is 3. The molecule has 2 amide bonds. The van der Waals surface area contributed by atoms with E-state index in [1.54, 1.807) is 4.90 Å². The third kappa shape index (κ3) is 3.85. The minimum Gasteiger partial charge on any atom is -0.369 e. The summed E-state index contributed by atoms with van der Waals surface area (Å²) in [4.78, 5) is 27.8. The second-order valence-electron chi connectivity index (χ2n) is 6.11. The van der Waals surface area contributed by atoms with E-state index in [9.17, 15) is 9.59 Å². The summed E-state index contributed by atoms with van der Waals surface area (Å²) in [5.74, 6) is -0.566. The first-order valence-corrected chi connectivity index (χ1v) is 7.64. The molecule has 2 rings (SSSR count). The molecule has 1 aromatic heterocycles. The quantitative estimate of drug-likeness (QED) is 0.807. The zero-order valence-electron chi connectivity index (χ0n) is 13.6. The van der Waals surface area contributed by atoms with Crippen molar-refractivity contribution in [1.29, 1.82) is 0 Å². The van der Waals surface area contributed by atoms with E-state index in [0.29, 0.717) is 32.5 Å². The Morgan fingerprint density at radius 1 is 1.32 bits per heavy atom. The van der Waals surface area contributed by atoms with Gasteiger partial charge in [0.05, 0.1) is 11.6 Å². The van der Waals surface area contributed by atoms with Crippen molar-refractivity contribution in [2.75, 3.05) is 33.2 Å². The van der Waals surface area contributed by atoms with E-state index in [4.69, 9.17) is 5.73 Å². The van der Waals surface area contributed by atoms with Crippen molar-refractivity contribution in [3.8, 4) is 0 Å². The van der Waals surface area contributed by atoms with Crippen LogP contribution in [0.15, 0.2) is 0 Å². The van der Waals surface area contributed by atoms with Gasteiger partial charge in [0, 0.05) is 38.3 Å². The highest BCUT2D eigenvalue weighted by molar-refractivity contribution is 5.80. The van der Waals surface area contributed by atoms with Gasteiger partial charge in [-0.3, -0.25) is 14.7 Å². The summed E-state index contributed by atoms with van der Waals surface area (Å²) in [7, 11) is 1.95. The Hall–Kier alpha value is -1.89. The van der Waals surface area contributed by atoms with Crippen LogP contribution in [0.2, 0.25) is 0 Å². The Bertz CT molecular complexity index is 535. The molecular formula is C15H25N5O2. The number of amides is 2. The van der Waals surface area contributed by atoms with Crippen LogP contribution in [-0.4, -0.2) is 65.0 Å². The van der Waals surface area contributed by atoms with E-state index in [1.165, 1.54) is 0 Å². The molecule has 1 aromatic rings. The molecule has 0 radical (unpaired) electrons. The summed E-state index contributed by atoms with van der Waals surface area (Å²) in [6.07, 6.45) is 1.09. The van der Waals surface area contributed by atoms with Crippen molar-refractivity contribution in [3.05, 3.63) is 17.0 Å². The van der Waals surface area contributed by atoms with Gasteiger partial charge in [-0.1, -0.05) is 0 Å². The van der Waals surface area contributed by atoms with Crippen LogP contribution in [0, 0.1) is 19.8 Å². The van der Waals surface area contributed by atoms with Gasteiger partial charge in [0.1, 0.15) is 0 Å². The number of carbonyl (C=O) groups excluding carboxylic acids is 2. The van der Waals surface area contributed by atoms with Crippen LogP contribution in [0.5, 0.6) is 0 Å². The molecule has 3 N–H and O–H groups in total. The summed E-state index contributed by atoms with van der Waals surface area (Å²) in [6, 6.07) is 0. The SMILES string of the molecule is Cc1n[nH]c(C)c1CCC(=O)N1CCN(C)CC(C(N)=O)C1. The number of rotatable bonds is 4. The van der Waals surface area contributed by atoms with Gasteiger partial charge in [-0.05, 0) is 32.9 Å². The number of aromatic nitrogens is 2. The molecule has 1 fully saturated rings. The maximum absolute atomic E-state index is 12.5. The summed E-state index contributed by atoms with van der Waals surface area (Å²) in [5.41, 5.74) is 8.49. The number of aromatic amines is 1. The molecule has 0 bridgehead atoms. The molecule has 1 unspecified atom stereocenters. The molecule has 122 valence electrons. The van der Waals surface area contributed by atoms with Crippen LogP contribution in [-0.2, 0) is 16.0 Å². The van der Waals surface area contributed by atoms with Crippen LogP contribution in [0.3, 0.4) is 0 Å². The first-order chi connectivity index (χ1) is 10.4. The summed E-state index contributed by atoms with van der Waals surface area (Å²) >= 11 is 0. The average molecular weight is 307 g/mol. The third-order valence-electron chi connectivity index (χ3n) is 4.35. The lowest BCUT2D eigenvalue weighted by molar-refractivity contribution is -0.132. The van der Waals surface area contributed by atoms with Gasteiger partial charge in [-0.25, -0.2) is 0 Å². The first kappa shape index (κ1) is 16.5. The van der Waals surface area contributed by atoms with Gasteiger partial charge in [0.15, 0.2) is 0 Å². The Labute approximate surface area is 130 Å². The number of hydrogen-bond donors (Lipinski definition) is 2. The molecule has 0 aliphatic carbocycles. The van der Waals surface area contributed by atoms with Crippen molar-refractivity contribution >= 4 is 11.8 Å². The van der Waals surface area contributed by atoms with Crippen LogP contribution in [0.25, 0.3) is 0 Å². The standard InChI is InChI=1S/C15H25N5O2/c1-10-13(11(2)18-17-10)4-5-14(21)20-7-6-19(3)8-12(9-20)15(16)22/h12H,4-9H2,1-3H3,(H2,16,22)(H,17,18). The van der Waals surface area contributed by atoms with Crippen LogP contribution < -0.4 is 5.73 Å². The number of hydrogen-bond acceptors (Lipinski definition) is 4. The number of H-pyrrole nitrogens is 1. The molecule has 1 saturated heterocycles. The van der Waals surface area contributed by atoms with Crippen molar-refractivity contribution in [2.45, 2.75) is 26.7 Å². The fourth-order valence-electron chi connectivity index (χ4n) is 2.91. The van der Waals surface area contributed by atoms with E-state index >= 15 is 0 Å². The van der Waals surface area contributed by atoms with Crippen LogP contribution >= 0.6 is 0 Å². The van der Waals surface area contributed by atoms with E-state index in [0.717, 1.165) is 23.5 Å².